The van der Waals surface area contributed by atoms with Crippen LogP contribution in [0.25, 0.3) is 0 Å². The van der Waals surface area contributed by atoms with E-state index in [-0.39, 0.29) is 17.3 Å². The zero-order valence-corrected chi connectivity index (χ0v) is 10.6. The highest BCUT2D eigenvalue weighted by atomic mass is 16.3. The van der Waals surface area contributed by atoms with Crippen molar-refractivity contribution in [1.82, 2.24) is 14.3 Å². The number of aliphatic hydroxyl groups is 1. The van der Waals surface area contributed by atoms with Gasteiger partial charge in [-0.1, -0.05) is 6.92 Å². The lowest BCUT2D eigenvalue weighted by atomic mass is 10.1. The van der Waals surface area contributed by atoms with E-state index in [9.17, 15) is 9.90 Å². The minimum Gasteiger partial charge on any atom is -0.391 e. The average molecular weight is 227 g/mol. The Hall–Kier alpha value is -1.10. The summed E-state index contributed by atoms with van der Waals surface area (Å²) >= 11 is 0. The van der Waals surface area contributed by atoms with E-state index in [1.807, 2.05) is 27.7 Å². The van der Waals surface area contributed by atoms with Crippen molar-refractivity contribution in [2.45, 2.75) is 58.7 Å². The second-order valence-electron chi connectivity index (χ2n) is 5.12. The standard InChI is InChI=1S/C11H21N3O2/c1-6-9(8(2)15)14-10(16)13(7-12-14)11(3,4)5/h7-9,15H,6H2,1-5H3/t8-,9+/m0/s1. The van der Waals surface area contributed by atoms with Crippen molar-refractivity contribution in [3.05, 3.63) is 16.8 Å². The zero-order valence-electron chi connectivity index (χ0n) is 10.6. The van der Waals surface area contributed by atoms with Gasteiger partial charge in [0.05, 0.1) is 12.1 Å². The molecule has 1 rings (SSSR count). The molecule has 1 N–H and O–H groups in total. The lowest BCUT2D eigenvalue weighted by molar-refractivity contribution is 0.117. The smallest absolute Gasteiger partial charge is 0.346 e. The fraction of sp³-hybridized carbons (Fsp3) is 0.818. The molecule has 5 heteroatoms. The Labute approximate surface area is 95.7 Å². The van der Waals surface area contributed by atoms with Crippen molar-refractivity contribution in [1.29, 1.82) is 0 Å². The van der Waals surface area contributed by atoms with Crippen LogP contribution in [0.1, 0.15) is 47.1 Å². The van der Waals surface area contributed by atoms with Gasteiger partial charge in [-0.3, -0.25) is 4.57 Å². The monoisotopic (exact) mass is 227 g/mol. The van der Waals surface area contributed by atoms with Gasteiger partial charge < -0.3 is 5.11 Å². The van der Waals surface area contributed by atoms with Gasteiger partial charge >= 0.3 is 5.69 Å². The fourth-order valence-corrected chi connectivity index (χ4v) is 1.72. The van der Waals surface area contributed by atoms with Crippen molar-refractivity contribution in [3.8, 4) is 0 Å². The lowest BCUT2D eigenvalue weighted by Gasteiger charge is -2.20. The van der Waals surface area contributed by atoms with Gasteiger partial charge in [0.15, 0.2) is 0 Å². The van der Waals surface area contributed by atoms with Crippen molar-refractivity contribution >= 4 is 0 Å². The van der Waals surface area contributed by atoms with Gasteiger partial charge in [0.25, 0.3) is 0 Å². The maximum atomic E-state index is 12.1. The van der Waals surface area contributed by atoms with Crippen molar-refractivity contribution in [3.63, 3.8) is 0 Å². The Morgan fingerprint density at radius 2 is 2.06 bits per heavy atom. The second-order valence-corrected chi connectivity index (χ2v) is 5.12. The summed E-state index contributed by atoms with van der Waals surface area (Å²) in [6.07, 6.45) is 1.64. The van der Waals surface area contributed by atoms with E-state index < -0.39 is 6.10 Å². The Morgan fingerprint density at radius 1 is 1.50 bits per heavy atom. The third kappa shape index (κ3) is 2.35. The van der Waals surface area contributed by atoms with Crippen molar-refractivity contribution < 1.29 is 5.11 Å². The Balaban J connectivity index is 3.19. The highest BCUT2D eigenvalue weighted by Gasteiger charge is 2.23. The summed E-state index contributed by atoms with van der Waals surface area (Å²) in [6.45, 7) is 9.45. The molecule has 0 spiro atoms. The van der Waals surface area contributed by atoms with Gasteiger partial charge in [-0.05, 0) is 34.1 Å². The molecule has 0 saturated carbocycles. The predicted octanol–water partition coefficient (Wildman–Crippen LogP) is 1.13. The van der Waals surface area contributed by atoms with Crippen LogP contribution >= 0.6 is 0 Å². The molecular weight excluding hydrogens is 206 g/mol. The minimum atomic E-state index is -0.578. The topological polar surface area (TPSA) is 60.0 Å². The van der Waals surface area contributed by atoms with E-state index in [1.54, 1.807) is 11.5 Å². The van der Waals surface area contributed by atoms with Crippen LogP contribution in [-0.4, -0.2) is 25.6 Å². The first-order chi connectivity index (χ1) is 7.29. The van der Waals surface area contributed by atoms with Gasteiger partial charge in [0, 0.05) is 5.54 Å². The fourth-order valence-electron chi connectivity index (χ4n) is 1.72. The molecule has 0 saturated heterocycles. The first-order valence-electron chi connectivity index (χ1n) is 5.63. The summed E-state index contributed by atoms with van der Waals surface area (Å²) in [5.41, 5.74) is -0.452. The molecule has 5 nitrogen and oxygen atoms in total. The van der Waals surface area contributed by atoms with Crippen LogP contribution in [0.15, 0.2) is 11.1 Å². The molecular formula is C11H21N3O2. The summed E-state index contributed by atoms with van der Waals surface area (Å²) in [7, 11) is 0. The van der Waals surface area contributed by atoms with Crippen molar-refractivity contribution in [2.75, 3.05) is 0 Å². The van der Waals surface area contributed by atoms with Crippen LogP contribution in [0.2, 0.25) is 0 Å². The Kier molecular flexibility index (Phi) is 3.57. The molecule has 0 aliphatic carbocycles. The molecule has 92 valence electrons. The molecule has 0 aromatic carbocycles. The zero-order chi connectivity index (χ0) is 12.5. The van der Waals surface area contributed by atoms with Crippen LogP contribution < -0.4 is 5.69 Å². The van der Waals surface area contributed by atoms with E-state index >= 15 is 0 Å². The molecule has 16 heavy (non-hydrogen) atoms. The minimum absolute atomic E-state index is 0.166. The molecule has 0 aliphatic rings. The molecule has 1 aromatic rings. The van der Waals surface area contributed by atoms with E-state index in [2.05, 4.69) is 5.10 Å². The van der Waals surface area contributed by atoms with Crippen molar-refractivity contribution in [2.24, 2.45) is 0 Å². The third-order valence-corrected chi connectivity index (χ3v) is 2.71. The van der Waals surface area contributed by atoms with E-state index in [1.165, 1.54) is 11.0 Å². The molecule has 0 unspecified atom stereocenters. The number of hydrogen-bond acceptors (Lipinski definition) is 3. The van der Waals surface area contributed by atoms with Gasteiger partial charge in [-0.15, -0.1) is 0 Å². The highest BCUT2D eigenvalue weighted by molar-refractivity contribution is 4.83. The first kappa shape index (κ1) is 13.0. The summed E-state index contributed by atoms with van der Waals surface area (Å²) in [5.74, 6) is 0. The SMILES string of the molecule is CC[C@H]([C@H](C)O)n1ncn(C(C)(C)C)c1=O. The van der Waals surface area contributed by atoms with E-state index in [0.29, 0.717) is 6.42 Å². The molecule has 0 radical (unpaired) electrons. The number of hydrogen-bond donors (Lipinski definition) is 1. The lowest BCUT2D eigenvalue weighted by Crippen LogP contribution is -2.38. The van der Waals surface area contributed by atoms with Gasteiger partial charge in [0.1, 0.15) is 6.33 Å². The quantitative estimate of drug-likeness (QED) is 0.842. The molecule has 1 aromatic heterocycles. The summed E-state index contributed by atoms with van der Waals surface area (Å²) in [5, 5.41) is 13.7. The first-order valence-corrected chi connectivity index (χ1v) is 5.63. The van der Waals surface area contributed by atoms with Crippen LogP contribution in [0.4, 0.5) is 0 Å². The summed E-state index contributed by atoms with van der Waals surface area (Å²) in [4.78, 5) is 12.1. The van der Waals surface area contributed by atoms with E-state index in [0.717, 1.165) is 0 Å². The maximum Gasteiger partial charge on any atom is 0.346 e. The molecule has 0 bridgehead atoms. The molecule has 1 heterocycles. The molecule has 0 amide bonds. The largest absolute Gasteiger partial charge is 0.391 e. The van der Waals surface area contributed by atoms with Crippen LogP contribution in [0.5, 0.6) is 0 Å². The average Bonchev–Trinajstić information content (AvgIpc) is 2.48. The number of aromatic nitrogens is 3. The van der Waals surface area contributed by atoms with Crippen LogP contribution in [0, 0.1) is 0 Å². The Morgan fingerprint density at radius 3 is 2.38 bits per heavy atom. The Bertz CT molecular complexity index is 398. The second kappa shape index (κ2) is 4.41. The maximum absolute atomic E-state index is 12.1. The van der Waals surface area contributed by atoms with Gasteiger partial charge in [-0.2, -0.15) is 5.10 Å². The number of rotatable bonds is 3. The van der Waals surface area contributed by atoms with Crippen LogP contribution in [0.3, 0.4) is 0 Å². The van der Waals surface area contributed by atoms with Crippen LogP contribution in [-0.2, 0) is 5.54 Å². The number of aliphatic hydroxyl groups excluding tert-OH is 1. The van der Waals surface area contributed by atoms with Gasteiger partial charge in [0.2, 0.25) is 0 Å². The number of nitrogens with zero attached hydrogens (tertiary/aromatic N) is 3. The third-order valence-electron chi connectivity index (χ3n) is 2.71. The normalized spacial score (nSPS) is 16.1. The van der Waals surface area contributed by atoms with Gasteiger partial charge in [-0.25, -0.2) is 9.48 Å². The summed E-state index contributed by atoms with van der Waals surface area (Å²) < 4.78 is 2.95. The highest BCUT2D eigenvalue weighted by Crippen LogP contribution is 2.14. The molecule has 0 aliphatic heterocycles. The molecule has 2 atom stereocenters. The summed E-state index contributed by atoms with van der Waals surface area (Å²) in [6, 6.07) is -0.254. The molecule has 0 fully saturated rings. The van der Waals surface area contributed by atoms with E-state index in [4.69, 9.17) is 0 Å². The predicted molar refractivity (Wildman–Crippen MR) is 62.5 cm³/mol.